The zero-order chi connectivity index (χ0) is 14.6. The molecule has 0 fully saturated rings. The lowest BCUT2D eigenvalue weighted by Crippen LogP contribution is -2.32. The lowest BCUT2D eigenvalue weighted by atomic mass is 9.74. The van der Waals surface area contributed by atoms with E-state index in [0.29, 0.717) is 16.5 Å². The number of hydrogen-bond acceptors (Lipinski definition) is 1. The van der Waals surface area contributed by atoms with Crippen molar-refractivity contribution in [1.82, 2.24) is 0 Å². The third-order valence-electron chi connectivity index (χ3n) is 3.90. The van der Waals surface area contributed by atoms with E-state index < -0.39 is 0 Å². The molecular formula is C17H18Cl2O. The molecule has 0 aromatic heterocycles. The molecule has 0 saturated heterocycles. The quantitative estimate of drug-likeness (QED) is 0.835. The van der Waals surface area contributed by atoms with Crippen LogP contribution < -0.4 is 0 Å². The van der Waals surface area contributed by atoms with Gasteiger partial charge in [0.1, 0.15) is 0 Å². The van der Waals surface area contributed by atoms with E-state index >= 15 is 0 Å². The van der Waals surface area contributed by atoms with E-state index in [9.17, 15) is 5.11 Å². The number of rotatable bonds is 5. The Morgan fingerprint density at radius 3 is 2.35 bits per heavy atom. The number of halogens is 2. The fraction of sp³-hybridized carbons (Fsp3) is 0.294. The van der Waals surface area contributed by atoms with E-state index in [1.165, 1.54) is 0 Å². The summed E-state index contributed by atoms with van der Waals surface area (Å²) in [7, 11) is 0. The molecule has 0 aliphatic heterocycles. The molecule has 20 heavy (non-hydrogen) atoms. The molecular weight excluding hydrogens is 291 g/mol. The van der Waals surface area contributed by atoms with Gasteiger partial charge in [-0.2, -0.15) is 0 Å². The molecule has 0 radical (unpaired) electrons. The van der Waals surface area contributed by atoms with Crippen LogP contribution in [0.3, 0.4) is 0 Å². The normalized spacial score (nSPS) is 14.0. The molecule has 0 heterocycles. The molecule has 0 spiro atoms. The first-order chi connectivity index (χ1) is 9.61. The first-order valence-electron chi connectivity index (χ1n) is 6.71. The van der Waals surface area contributed by atoms with Crippen molar-refractivity contribution >= 4 is 23.2 Å². The fourth-order valence-corrected chi connectivity index (χ4v) is 2.90. The Kier molecular flexibility index (Phi) is 5.09. The Morgan fingerprint density at radius 1 is 1.05 bits per heavy atom. The summed E-state index contributed by atoms with van der Waals surface area (Å²) < 4.78 is 0. The molecule has 3 heteroatoms. The van der Waals surface area contributed by atoms with E-state index in [0.717, 1.165) is 17.5 Å². The standard InChI is InChI=1S/C17H18Cl2O/c1-2-17(12-20,14-6-4-3-5-7-14)11-13-10-15(18)8-9-16(13)19/h3-10,20H,2,11-12H2,1H3. The fourth-order valence-electron chi connectivity index (χ4n) is 2.53. The second-order valence-electron chi connectivity index (χ2n) is 5.07. The van der Waals surface area contributed by atoms with Crippen LogP contribution in [0, 0.1) is 0 Å². The highest BCUT2D eigenvalue weighted by Gasteiger charge is 2.30. The van der Waals surface area contributed by atoms with Crippen molar-refractivity contribution in [3.05, 3.63) is 69.7 Å². The van der Waals surface area contributed by atoms with Gasteiger partial charge in [0.05, 0.1) is 6.61 Å². The molecule has 0 bridgehead atoms. The van der Waals surface area contributed by atoms with Gasteiger partial charge < -0.3 is 5.11 Å². The van der Waals surface area contributed by atoms with Crippen molar-refractivity contribution in [2.45, 2.75) is 25.2 Å². The molecule has 1 unspecified atom stereocenters. The maximum atomic E-state index is 9.98. The van der Waals surface area contributed by atoms with Crippen LogP contribution >= 0.6 is 23.2 Å². The summed E-state index contributed by atoms with van der Waals surface area (Å²) >= 11 is 12.3. The van der Waals surface area contributed by atoms with Gasteiger partial charge in [0, 0.05) is 15.5 Å². The van der Waals surface area contributed by atoms with Crippen LogP contribution in [0.15, 0.2) is 48.5 Å². The number of aliphatic hydroxyl groups excluding tert-OH is 1. The van der Waals surface area contributed by atoms with Crippen molar-refractivity contribution in [3.63, 3.8) is 0 Å². The monoisotopic (exact) mass is 308 g/mol. The lowest BCUT2D eigenvalue weighted by Gasteiger charge is -2.32. The van der Waals surface area contributed by atoms with E-state index in [2.05, 4.69) is 19.1 Å². The summed E-state index contributed by atoms with van der Waals surface area (Å²) in [6.07, 6.45) is 1.50. The van der Waals surface area contributed by atoms with Crippen LogP contribution in [0.25, 0.3) is 0 Å². The summed E-state index contributed by atoms with van der Waals surface area (Å²) in [6.45, 7) is 2.16. The average Bonchev–Trinajstić information content (AvgIpc) is 2.49. The first kappa shape index (κ1) is 15.4. The Balaban J connectivity index is 2.42. The molecule has 1 atom stereocenters. The second-order valence-corrected chi connectivity index (χ2v) is 5.91. The zero-order valence-corrected chi connectivity index (χ0v) is 13.0. The second kappa shape index (κ2) is 6.62. The minimum atomic E-state index is -0.324. The van der Waals surface area contributed by atoms with Gasteiger partial charge in [-0.1, -0.05) is 60.5 Å². The van der Waals surface area contributed by atoms with Gasteiger partial charge >= 0.3 is 0 Å². The van der Waals surface area contributed by atoms with Gasteiger partial charge in [0.25, 0.3) is 0 Å². The third-order valence-corrected chi connectivity index (χ3v) is 4.51. The molecule has 0 saturated carbocycles. The number of hydrogen-bond donors (Lipinski definition) is 1. The Hall–Kier alpha value is -1.02. The van der Waals surface area contributed by atoms with Gasteiger partial charge in [0.15, 0.2) is 0 Å². The molecule has 2 aromatic rings. The Labute approximate surface area is 130 Å². The van der Waals surface area contributed by atoms with Gasteiger partial charge in [-0.25, -0.2) is 0 Å². The minimum Gasteiger partial charge on any atom is -0.395 e. The van der Waals surface area contributed by atoms with Gasteiger partial charge in [0.2, 0.25) is 0 Å². The van der Waals surface area contributed by atoms with Crippen LogP contribution in [0.1, 0.15) is 24.5 Å². The van der Waals surface area contributed by atoms with Crippen LogP contribution in [-0.2, 0) is 11.8 Å². The van der Waals surface area contributed by atoms with E-state index in [4.69, 9.17) is 23.2 Å². The van der Waals surface area contributed by atoms with Gasteiger partial charge in [-0.3, -0.25) is 0 Å². The summed E-state index contributed by atoms with van der Waals surface area (Å²) in [5.41, 5.74) is 1.77. The van der Waals surface area contributed by atoms with Gasteiger partial charge in [-0.05, 0) is 42.2 Å². The SMILES string of the molecule is CCC(CO)(Cc1cc(Cl)ccc1Cl)c1ccccc1. The summed E-state index contributed by atoms with van der Waals surface area (Å²) in [4.78, 5) is 0. The van der Waals surface area contributed by atoms with E-state index in [1.807, 2.05) is 30.3 Å². The minimum absolute atomic E-state index is 0.0797. The highest BCUT2D eigenvalue weighted by atomic mass is 35.5. The Morgan fingerprint density at radius 2 is 1.75 bits per heavy atom. The van der Waals surface area contributed by atoms with Crippen molar-refractivity contribution in [2.75, 3.05) is 6.61 Å². The highest BCUT2D eigenvalue weighted by molar-refractivity contribution is 6.33. The van der Waals surface area contributed by atoms with Crippen LogP contribution in [0.5, 0.6) is 0 Å². The van der Waals surface area contributed by atoms with Crippen molar-refractivity contribution < 1.29 is 5.11 Å². The van der Waals surface area contributed by atoms with Crippen molar-refractivity contribution in [2.24, 2.45) is 0 Å². The largest absolute Gasteiger partial charge is 0.395 e. The van der Waals surface area contributed by atoms with Crippen molar-refractivity contribution in [3.8, 4) is 0 Å². The number of aliphatic hydroxyl groups is 1. The predicted octanol–water partition coefficient (Wildman–Crippen LogP) is 4.88. The van der Waals surface area contributed by atoms with E-state index in [-0.39, 0.29) is 12.0 Å². The maximum Gasteiger partial charge on any atom is 0.0531 e. The smallest absolute Gasteiger partial charge is 0.0531 e. The third kappa shape index (κ3) is 3.17. The van der Waals surface area contributed by atoms with Gasteiger partial charge in [-0.15, -0.1) is 0 Å². The highest BCUT2D eigenvalue weighted by Crippen LogP contribution is 2.34. The number of benzene rings is 2. The summed E-state index contributed by atoms with van der Waals surface area (Å²) in [5, 5.41) is 11.3. The molecule has 0 aliphatic carbocycles. The van der Waals surface area contributed by atoms with Crippen LogP contribution in [0.2, 0.25) is 10.0 Å². The molecule has 0 aliphatic rings. The maximum absolute atomic E-state index is 9.98. The summed E-state index contributed by atoms with van der Waals surface area (Å²) in [6, 6.07) is 15.5. The lowest BCUT2D eigenvalue weighted by molar-refractivity contribution is 0.186. The summed E-state index contributed by atoms with van der Waals surface area (Å²) in [5.74, 6) is 0. The molecule has 106 valence electrons. The first-order valence-corrected chi connectivity index (χ1v) is 7.47. The predicted molar refractivity (Wildman–Crippen MR) is 85.7 cm³/mol. The molecule has 2 aromatic carbocycles. The van der Waals surface area contributed by atoms with Crippen LogP contribution in [0.4, 0.5) is 0 Å². The van der Waals surface area contributed by atoms with E-state index in [1.54, 1.807) is 6.07 Å². The molecule has 2 rings (SSSR count). The topological polar surface area (TPSA) is 20.2 Å². The average molecular weight is 309 g/mol. The zero-order valence-electron chi connectivity index (χ0n) is 11.4. The Bertz CT molecular complexity index is 562. The molecule has 1 nitrogen and oxygen atoms in total. The molecule has 0 amide bonds. The van der Waals surface area contributed by atoms with Crippen molar-refractivity contribution in [1.29, 1.82) is 0 Å². The van der Waals surface area contributed by atoms with Crippen LogP contribution in [-0.4, -0.2) is 11.7 Å². The molecule has 1 N–H and O–H groups in total.